The molecule has 1 aliphatic heterocycles. The van der Waals surface area contributed by atoms with Gasteiger partial charge in [0.15, 0.2) is 0 Å². The van der Waals surface area contributed by atoms with Crippen LogP contribution in [0.1, 0.15) is 5.56 Å². The van der Waals surface area contributed by atoms with Crippen molar-refractivity contribution < 1.29 is 4.52 Å². The lowest BCUT2D eigenvalue weighted by Crippen LogP contribution is -1.90. The summed E-state index contributed by atoms with van der Waals surface area (Å²) >= 11 is 5.02. The Morgan fingerprint density at radius 1 is 1.30 bits per heavy atom. The molecule has 0 bridgehead atoms. The molecule has 3 aromatic rings. The smallest absolute Gasteiger partial charge is 0.258 e. The molecule has 0 spiro atoms. The van der Waals surface area contributed by atoms with Gasteiger partial charge in [-0.25, -0.2) is 0 Å². The van der Waals surface area contributed by atoms with Gasteiger partial charge in [-0.15, -0.1) is 11.3 Å². The average Bonchev–Trinajstić information content (AvgIpc) is 3.17. The molecular weight excluding hydrogens is 338 g/mol. The van der Waals surface area contributed by atoms with E-state index in [-0.39, 0.29) is 0 Å². The number of nitrogens with one attached hydrogen (secondary N) is 1. The van der Waals surface area contributed by atoms with Gasteiger partial charge in [0.25, 0.3) is 5.89 Å². The van der Waals surface area contributed by atoms with Gasteiger partial charge in [-0.2, -0.15) is 4.98 Å². The fraction of sp³-hybridized carbons (Fsp3) is 0.143. The van der Waals surface area contributed by atoms with Gasteiger partial charge >= 0.3 is 0 Å². The zero-order chi connectivity index (χ0) is 13.5. The third-order valence-electron chi connectivity index (χ3n) is 3.28. The van der Waals surface area contributed by atoms with Gasteiger partial charge in [-0.3, -0.25) is 0 Å². The largest absolute Gasteiger partial charge is 0.384 e. The molecule has 20 heavy (non-hydrogen) atoms. The maximum Gasteiger partial charge on any atom is 0.258 e. The van der Waals surface area contributed by atoms with E-state index in [2.05, 4.69) is 43.5 Å². The van der Waals surface area contributed by atoms with Gasteiger partial charge < -0.3 is 9.84 Å². The molecular formula is C14H10BrN3OS. The number of aromatic nitrogens is 2. The number of anilines is 1. The van der Waals surface area contributed by atoms with Crippen molar-refractivity contribution in [1.29, 1.82) is 0 Å². The van der Waals surface area contributed by atoms with Crippen LogP contribution in [0.2, 0.25) is 0 Å². The first kappa shape index (κ1) is 12.1. The summed E-state index contributed by atoms with van der Waals surface area (Å²) in [6.07, 6.45) is 1.04. The van der Waals surface area contributed by atoms with Crippen molar-refractivity contribution in [3.05, 3.63) is 39.7 Å². The highest BCUT2D eigenvalue weighted by molar-refractivity contribution is 9.10. The molecule has 6 heteroatoms. The zero-order valence-electron chi connectivity index (χ0n) is 10.4. The molecule has 2 aromatic heterocycles. The first-order valence-corrected chi connectivity index (χ1v) is 7.92. The van der Waals surface area contributed by atoms with Crippen molar-refractivity contribution >= 4 is 33.0 Å². The van der Waals surface area contributed by atoms with Crippen LogP contribution >= 0.6 is 27.3 Å². The third kappa shape index (κ3) is 2.05. The van der Waals surface area contributed by atoms with E-state index >= 15 is 0 Å². The van der Waals surface area contributed by atoms with Gasteiger partial charge in [-0.1, -0.05) is 5.16 Å². The summed E-state index contributed by atoms with van der Waals surface area (Å²) in [4.78, 5) is 5.48. The standard InChI is InChI=1S/C14H10BrN3OS/c15-10-6-12(20-7-10)13-17-14(19-18-13)9-1-2-11-8(5-9)3-4-16-11/h1-2,5-7,16H,3-4H2. The third-order valence-corrected chi connectivity index (χ3v) is 4.96. The van der Waals surface area contributed by atoms with E-state index in [0.29, 0.717) is 11.7 Å². The second kappa shape index (κ2) is 4.71. The van der Waals surface area contributed by atoms with Gasteiger partial charge in [-0.05, 0) is 52.2 Å². The van der Waals surface area contributed by atoms with E-state index in [1.54, 1.807) is 11.3 Å². The van der Waals surface area contributed by atoms with Crippen LogP contribution in [0.4, 0.5) is 5.69 Å². The van der Waals surface area contributed by atoms with Gasteiger partial charge in [0.1, 0.15) is 0 Å². The first-order chi connectivity index (χ1) is 9.79. The van der Waals surface area contributed by atoms with Crippen LogP contribution in [0.3, 0.4) is 0 Å². The summed E-state index contributed by atoms with van der Waals surface area (Å²) in [5.74, 6) is 1.20. The number of rotatable bonds is 2. The Kier molecular flexibility index (Phi) is 2.85. The molecule has 1 N–H and O–H groups in total. The maximum atomic E-state index is 5.38. The van der Waals surface area contributed by atoms with Crippen molar-refractivity contribution in [1.82, 2.24) is 10.1 Å². The van der Waals surface area contributed by atoms with Crippen LogP contribution in [-0.2, 0) is 6.42 Å². The first-order valence-electron chi connectivity index (χ1n) is 6.25. The highest BCUT2D eigenvalue weighted by atomic mass is 79.9. The molecule has 1 aromatic carbocycles. The number of benzene rings is 1. The van der Waals surface area contributed by atoms with E-state index < -0.39 is 0 Å². The van der Waals surface area contributed by atoms with E-state index in [4.69, 9.17) is 4.52 Å². The van der Waals surface area contributed by atoms with Crippen LogP contribution in [-0.4, -0.2) is 16.7 Å². The summed E-state index contributed by atoms with van der Waals surface area (Å²) in [5.41, 5.74) is 3.48. The lowest BCUT2D eigenvalue weighted by atomic mass is 10.1. The van der Waals surface area contributed by atoms with Crippen LogP contribution in [0.15, 0.2) is 38.6 Å². The molecule has 0 fully saturated rings. The van der Waals surface area contributed by atoms with Gasteiger partial charge in [0.05, 0.1) is 4.88 Å². The monoisotopic (exact) mass is 347 g/mol. The molecule has 0 saturated carbocycles. The molecule has 0 saturated heterocycles. The molecule has 4 nitrogen and oxygen atoms in total. The molecule has 3 heterocycles. The topological polar surface area (TPSA) is 51.0 Å². The lowest BCUT2D eigenvalue weighted by molar-refractivity contribution is 0.432. The Morgan fingerprint density at radius 2 is 2.25 bits per heavy atom. The van der Waals surface area contributed by atoms with Crippen LogP contribution in [0.5, 0.6) is 0 Å². The highest BCUT2D eigenvalue weighted by Crippen LogP contribution is 2.31. The van der Waals surface area contributed by atoms with Crippen molar-refractivity contribution in [2.75, 3.05) is 11.9 Å². The van der Waals surface area contributed by atoms with E-state index in [0.717, 1.165) is 27.9 Å². The second-order valence-corrected chi connectivity index (χ2v) is 6.43. The second-order valence-electron chi connectivity index (χ2n) is 4.60. The number of halogens is 1. The number of hydrogen-bond acceptors (Lipinski definition) is 5. The molecule has 100 valence electrons. The SMILES string of the molecule is Brc1csc(-c2noc(-c3ccc4c(c3)CCN4)n2)c1. The summed E-state index contributed by atoms with van der Waals surface area (Å²) < 4.78 is 6.42. The molecule has 4 rings (SSSR count). The van der Waals surface area contributed by atoms with Crippen molar-refractivity contribution in [2.24, 2.45) is 0 Å². The fourth-order valence-electron chi connectivity index (χ4n) is 2.31. The zero-order valence-corrected chi connectivity index (χ0v) is 12.8. The molecule has 0 atom stereocenters. The normalized spacial score (nSPS) is 13.2. The molecule has 1 aliphatic rings. The summed E-state index contributed by atoms with van der Waals surface area (Å²) in [5, 5.41) is 9.41. The lowest BCUT2D eigenvalue weighted by Gasteiger charge is -2.00. The number of hydrogen-bond donors (Lipinski definition) is 1. The van der Waals surface area contributed by atoms with Gasteiger partial charge in [0.2, 0.25) is 5.82 Å². The Hall–Kier alpha value is -1.66. The highest BCUT2D eigenvalue weighted by Gasteiger charge is 2.15. The Balaban J connectivity index is 1.71. The molecule has 0 unspecified atom stereocenters. The molecule has 0 radical (unpaired) electrons. The Morgan fingerprint density at radius 3 is 3.10 bits per heavy atom. The minimum Gasteiger partial charge on any atom is -0.384 e. The molecule has 0 aliphatic carbocycles. The predicted molar refractivity (Wildman–Crippen MR) is 82.9 cm³/mol. The minimum absolute atomic E-state index is 0.569. The van der Waals surface area contributed by atoms with Crippen LogP contribution in [0.25, 0.3) is 22.2 Å². The number of fused-ring (bicyclic) bond motifs is 1. The number of nitrogens with zero attached hydrogens (tertiary/aromatic N) is 2. The summed E-state index contributed by atoms with van der Waals surface area (Å²) in [6, 6.07) is 8.20. The molecule has 0 amide bonds. The van der Waals surface area contributed by atoms with E-state index in [9.17, 15) is 0 Å². The van der Waals surface area contributed by atoms with Crippen molar-refractivity contribution in [3.63, 3.8) is 0 Å². The van der Waals surface area contributed by atoms with E-state index in [1.807, 2.05) is 17.5 Å². The maximum absolute atomic E-state index is 5.38. The van der Waals surface area contributed by atoms with Crippen molar-refractivity contribution in [3.8, 4) is 22.2 Å². The Labute approximate surface area is 128 Å². The van der Waals surface area contributed by atoms with Crippen molar-refractivity contribution in [2.45, 2.75) is 6.42 Å². The predicted octanol–water partition coefficient (Wildman–Crippen LogP) is 4.20. The summed E-state index contributed by atoms with van der Waals surface area (Å²) in [6.45, 7) is 0.997. The fourth-order valence-corrected chi connectivity index (χ4v) is 3.66. The Bertz CT molecular complexity index is 780. The van der Waals surface area contributed by atoms with Crippen LogP contribution in [0, 0.1) is 0 Å². The van der Waals surface area contributed by atoms with E-state index in [1.165, 1.54) is 11.3 Å². The quantitative estimate of drug-likeness (QED) is 0.754. The number of thiophene rings is 1. The average molecular weight is 348 g/mol. The van der Waals surface area contributed by atoms with Crippen LogP contribution < -0.4 is 5.32 Å². The summed E-state index contributed by atoms with van der Waals surface area (Å²) in [7, 11) is 0. The minimum atomic E-state index is 0.569. The van der Waals surface area contributed by atoms with Gasteiger partial charge in [0, 0.05) is 27.6 Å².